The maximum absolute atomic E-state index is 12.6. The normalized spacial score (nSPS) is 11.7. The second kappa shape index (κ2) is 7.01. The third-order valence-corrected chi connectivity index (χ3v) is 4.35. The number of nitrogens with zero attached hydrogens (tertiary/aromatic N) is 3. The summed E-state index contributed by atoms with van der Waals surface area (Å²) in [6, 6.07) is 14.6. The number of nitrogen functional groups attached to an aromatic ring is 2. The molecule has 148 valence electrons. The van der Waals surface area contributed by atoms with Crippen molar-refractivity contribution in [1.29, 1.82) is 0 Å². The van der Waals surface area contributed by atoms with Crippen LogP contribution in [0.1, 0.15) is 11.1 Å². The zero-order valence-electron chi connectivity index (χ0n) is 15.0. The zero-order chi connectivity index (χ0) is 20.6. The van der Waals surface area contributed by atoms with Crippen molar-refractivity contribution in [3.8, 4) is 11.6 Å². The Morgan fingerprint density at radius 2 is 1.72 bits per heavy atom. The molecular formula is C20H16F3N5O. The van der Waals surface area contributed by atoms with Gasteiger partial charge in [-0.1, -0.05) is 12.1 Å². The molecule has 9 heteroatoms. The predicted molar refractivity (Wildman–Crippen MR) is 103 cm³/mol. The first-order chi connectivity index (χ1) is 13.8. The van der Waals surface area contributed by atoms with E-state index in [9.17, 15) is 13.2 Å². The molecule has 4 N–H and O–H groups in total. The van der Waals surface area contributed by atoms with Crippen LogP contribution in [0, 0.1) is 0 Å². The first kappa shape index (κ1) is 18.6. The van der Waals surface area contributed by atoms with Gasteiger partial charge < -0.3 is 20.8 Å². The van der Waals surface area contributed by atoms with Crippen LogP contribution < -0.4 is 16.2 Å². The molecule has 0 amide bonds. The molecule has 4 rings (SSSR count). The van der Waals surface area contributed by atoms with Gasteiger partial charge in [0.1, 0.15) is 5.75 Å². The molecule has 0 saturated heterocycles. The van der Waals surface area contributed by atoms with Crippen molar-refractivity contribution < 1.29 is 17.9 Å². The van der Waals surface area contributed by atoms with Gasteiger partial charge >= 0.3 is 6.18 Å². The van der Waals surface area contributed by atoms with Gasteiger partial charge in [0.05, 0.1) is 23.1 Å². The van der Waals surface area contributed by atoms with Crippen LogP contribution in [0.25, 0.3) is 11.0 Å². The van der Waals surface area contributed by atoms with Crippen LogP contribution in [0.15, 0.2) is 60.8 Å². The van der Waals surface area contributed by atoms with E-state index in [1.807, 2.05) is 28.8 Å². The van der Waals surface area contributed by atoms with Crippen LogP contribution in [0.2, 0.25) is 0 Å². The Morgan fingerprint density at radius 1 is 0.966 bits per heavy atom. The minimum Gasteiger partial charge on any atom is -0.439 e. The van der Waals surface area contributed by atoms with Gasteiger partial charge in [0, 0.05) is 18.0 Å². The third-order valence-electron chi connectivity index (χ3n) is 4.35. The Labute approximate surface area is 163 Å². The van der Waals surface area contributed by atoms with Gasteiger partial charge in [-0.05, 0) is 42.0 Å². The molecule has 0 atom stereocenters. The highest BCUT2D eigenvalue weighted by atomic mass is 19.4. The average Bonchev–Trinajstić information content (AvgIpc) is 2.98. The summed E-state index contributed by atoms with van der Waals surface area (Å²) in [6.45, 7) is 0.477. The summed E-state index contributed by atoms with van der Waals surface area (Å²) in [5, 5.41) is 0. The van der Waals surface area contributed by atoms with Gasteiger partial charge in [0.25, 0.3) is 0 Å². The van der Waals surface area contributed by atoms with E-state index in [4.69, 9.17) is 16.2 Å². The predicted octanol–water partition coefficient (Wildman–Crippen LogP) is 4.46. The van der Waals surface area contributed by atoms with Crippen molar-refractivity contribution in [1.82, 2.24) is 14.5 Å². The smallest absolute Gasteiger partial charge is 0.417 e. The molecule has 2 aromatic heterocycles. The number of hydrogen-bond acceptors (Lipinski definition) is 5. The van der Waals surface area contributed by atoms with Crippen molar-refractivity contribution in [2.45, 2.75) is 12.7 Å². The number of ether oxygens (including phenoxy) is 1. The monoisotopic (exact) mass is 399 g/mol. The van der Waals surface area contributed by atoms with E-state index in [1.54, 1.807) is 18.2 Å². The van der Waals surface area contributed by atoms with Crippen molar-refractivity contribution in [2.24, 2.45) is 0 Å². The Balaban J connectivity index is 1.50. The fourth-order valence-corrected chi connectivity index (χ4v) is 2.90. The van der Waals surface area contributed by atoms with E-state index in [-0.39, 0.29) is 5.88 Å². The molecule has 0 aliphatic heterocycles. The van der Waals surface area contributed by atoms with E-state index in [0.717, 1.165) is 28.9 Å². The second-order valence-corrected chi connectivity index (χ2v) is 6.43. The lowest BCUT2D eigenvalue weighted by atomic mass is 10.2. The molecule has 0 aliphatic carbocycles. The van der Waals surface area contributed by atoms with Crippen LogP contribution in [0.3, 0.4) is 0 Å². The summed E-state index contributed by atoms with van der Waals surface area (Å²) in [7, 11) is 0. The van der Waals surface area contributed by atoms with Gasteiger partial charge in [-0.3, -0.25) is 0 Å². The van der Waals surface area contributed by atoms with E-state index in [0.29, 0.717) is 23.9 Å². The maximum Gasteiger partial charge on any atom is 0.417 e. The van der Waals surface area contributed by atoms with Gasteiger partial charge in [-0.2, -0.15) is 13.2 Å². The summed E-state index contributed by atoms with van der Waals surface area (Å²) in [4.78, 5) is 8.01. The maximum atomic E-state index is 12.6. The van der Waals surface area contributed by atoms with Crippen molar-refractivity contribution in [3.63, 3.8) is 0 Å². The van der Waals surface area contributed by atoms with Gasteiger partial charge in [0.15, 0.2) is 0 Å². The number of imidazole rings is 1. The van der Waals surface area contributed by atoms with Crippen LogP contribution in [-0.4, -0.2) is 14.5 Å². The highest BCUT2D eigenvalue weighted by molar-refractivity contribution is 5.81. The topological polar surface area (TPSA) is 92.0 Å². The van der Waals surface area contributed by atoms with Crippen molar-refractivity contribution >= 4 is 22.7 Å². The molecule has 6 nitrogen and oxygen atoms in total. The highest BCUT2D eigenvalue weighted by Crippen LogP contribution is 2.30. The molecule has 0 bridgehead atoms. The number of anilines is 2. The molecule has 0 fully saturated rings. The second-order valence-electron chi connectivity index (χ2n) is 6.43. The molecule has 0 saturated carbocycles. The zero-order valence-corrected chi connectivity index (χ0v) is 15.0. The number of aromatic nitrogens is 3. The number of hydrogen-bond donors (Lipinski definition) is 2. The Hall–Kier alpha value is -3.75. The molecule has 2 aromatic carbocycles. The standard InChI is InChI=1S/C20H16F3N5O/c21-20(22,23)13-3-8-18(26-10-13)29-15-5-1-12(2-6-15)11-28-17-9-14(24)4-7-16(17)27-19(28)25/h1-10H,11,24H2,(H2,25,27). The van der Waals surface area contributed by atoms with Crippen LogP contribution in [-0.2, 0) is 12.7 Å². The molecule has 2 heterocycles. The van der Waals surface area contributed by atoms with Crippen molar-refractivity contribution in [2.75, 3.05) is 11.5 Å². The summed E-state index contributed by atoms with van der Waals surface area (Å²) in [6.07, 6.45) is -3.69. The van der Waals surface area contributed by atoms with Crippen LogP contribution in [0.4, 0.5) is 24.8 Å². The Bertz CT molecular complexity index is 1150. The van der Waals surface area contributed by atoms with Gasteiger partial charge in [0.2, 0.25) is 11.8 Å². The largest absolute Gasteiger partial charge is 0.439 e. The first-order valence-corrected chi connectivity index (χ1v) is 8.61. The third kappa shape index (κ3) is 3.93. The summed E-state index contributed by atoms with van der Waals surface area (Å²) in [5.74, 6) is 0.902. The fourth-order valence-electron chi connectivity index (χ4n) is 2.90. The number of pyridine rings is 1. The molecule has 29 heavy (non-hydrogen) atoms. The van der Waals surface area contributed by atoms with Crippen LogP contribution >= 0.6 is 0 Å². The number of fused-ring (bicyclic) bond motifs is 1. The number of halogens is 3. The molecule has 0 unspecified atom stereocenters. The lowest BCUT2D eigenvalue weighted by Gasteiger charge is -2.10. The molecule has 0 aliphatic rings. The Morgan fingerprint density at radius 3 is 2.38 bits per heavy atom. The summed E-state index contributed by atoms with van der Waals surface area (Å²) >= 11 is 0. The van der Waals surface area contributed by atoms with E-state index in [2.05, 4.69) is 9.97 Å². The number of nitrogens with two attached hydrogens (primary N) is 2. The van der Waals surface area contributed by atoms with Gasteiger partial charge in [-0.15, -0.1) is 0 Å². The minimum absolute atomic E-state index is 0.0751. The van der Waals surface area contributed by atoms with Crippen molar-refractivity contribution in [3.05, 3.63) is 71.9 Å². The number of benzene rings is 2. The average molecular weight is 399 g/mol. The lowest BCUT2D eigenvalue weighted by Crippen LogP contribution is -2.05. The van der Waals surface area contributed by atoms with E-state index < -0.39 is 11.7 Å². The molecule has 4 aromatic rings. The minimum atomic E-state index is -4.43. The summed E-state index contributed by atoms with van der Waals surface area (Å²) < 4.78 is 45.1. The Kier molecular flexibility index (Phi) is 4.50. The quantitative estimate of drug-likeness (QED) is 0.495. The first-order valence-electron chi connectivity index (χ1n) is 8.61. The molecule has 0 spiro atoms. The SMILES string of the molecule is Nc1ccc2nc(N)n(Cc3ccc(Oc4ccc(C(F)(F)F)cn4)cc3)c2c1. The van der Waals surface area contributed by atoms with Gasteiger partial charge in [-0.25, -0.2) is 9.97 Å². The molecule has 0 radical (unpaired) electrons. The molecular weight excluding hydrogens is 383 g/mol. The fraction of sp³-hybridized carbons (Fsp3) is 0.100. The number of alkyl halides is 3. The summed E-state index contributed by atoms with van der Waals surface area (Å²) in [5.41, 5.74) is 14.2. The lowest BCUT2D eigenvalue weighted by molar-refractivity contribution is -0.137. The van der Waals surface area contributed by atoms with Crippen LogP contribution in [0.5, 0.6) is 11.6 Å². The number of rotatable bonds is 4. The van der Waals surface area contributed by atoms with E-state index >= 15 is 0 Å². The highest BCUT2D eigenvalue weighted by Gasteiger charge is 2.30. The van der Waals surface area contributed by atoms with E-state index in [1.165, 1.54) is 6.07 Å².